The number of carbonyl (C=O) groups excluding carboxylic acids is 1. The Morgan fingerprint density at radius 2 is 1.89 bits per heavy atom. The van der Waals surface area contributed by atoms with E-state index in [0.29, 0.717) is 17.9 Å². The average molecular weight is 476 g/mol. The van der Waals surface area contributed by atoms with E-state index in [-0.39, 0.29) is 17.9 Å². The second-order valence-electron chi connectivity index (χ2n) is 8.51. The van der Waals surface area contributed by atoms with E-state index >= 15 is 0 Å². The van der Waals surface area contributed by atoms with Crippen molar-refractivity contribution in [1.29, 1.82) is 0 Å². The van der Waals surface area contributed by atoms with Crippen molar-refractivity contribution in [1.82, 2.24) is 5.43 Å². The van der Waals surface area contributed by atoms with Crippen LogP contribution in [0.1, 0.15) is 35.3 Å². The van der Waals surface area contributed by atoms with Gasteiger partial charge in [0.15, 0.2) is 0 Å². The predicted molar refractivity (Wildman–Crippen MR) is 134 cm³/mol. The molecule has 0 saturated carbocycles. The fourth-order valence-electron chi connectivity index (χ4n) is 4.60. The van der Waals surface area contributed by atoms with E-state index in [4.69, 9.17) is 4.74 Å². The zero-order valence-electron chi connectivity index (χ0n) is 19.9. The number of hydrogen-bond donors (Lipinski definition) is 1. The van der Waals surface area contributed by atoms with Gasteiger partial charge in [-0.25, -0.2) is 14.2 Å². The highest BCUT2D eigenvalue weighted by atomic mass is 19.1. The molecule has 35 heavy (non-hydrogen) atoms. The lowest BCUT2D eigenvalue weighted by Crippen LogP contribution is -2.31. The number of anilines is 1. The fraction of sp³-hybridized carbons (Fsp3) is 0.214. The van der Waals surface area contributed by atoms with Crippen LogP contribution in [-0.4, -0.2) is 25.8 Å². The molecule has 4 rings (SSSR count). The minimum atomic E-state index is -0.704. The quantitative estimate of drug-likeness (QED) is 0.357. The topological polar surface area (TPSA) is 53.9 Å². The van der Waals surface area contributed by atoms with Gasteiger partial charge in [-0.05, 0) is 86.0 Å². The van der Waals surface area contributed by atoms with Crippen molar-refractivity contribution < 1.29 is 18.3 Å². The SMILES string of the molecule is CCN1/C(=C\C=N\NC(=O)c2ccccc2)C(C)(Cc2cc(F)ccc2F)c2cc(OC)ccc21. The molecule has 180 valence electrons. The number of nitrogens with zero attached hydrogens (tertiary/aromatic N) is 2. The van der Waals surface area contributed by atoms with Gasteiger partial charge in [-0.15, -0.1) is 0 Å². The van der Waals surface area contributed by atoms with Gasteiger partial charge < -0.3 is 9.64 Å². The second kappa shape index (κ2) is 10.1. The largest absolute Gasteiger partial charge is 0.497 e. The molecule has 1 N–H and O–H groups in total. The highest BCUT2D eigenvalue weighted by molar-refractivity contribution is 5.94. The van der Waals surface area contributed by atoms with Gasteiger partial charge in [-0.1, -0.05) is 18.2 Å². The van der Waals surface area contributed by atoms with Crippen LogP contribution in [0.5, 0.6) is 5.75 Å². The minimum Gasteiger partial charge on any atom is -0.497 e. The van der Waals surface area contributed by atoms with Crippen molar-refractivity contribution in [3.8, 4) is 5.75 Å². The van der Waals surface area contributed by atoms with Crippen LogP contribution in [-0.2, 0) is 11.8 Å². The average Bonchev–Trinajstić information content (AvgIpc) is 3.10. The van der Waals surface area contributed by atoms with E-state index in [1.807, 2.05) is 38.1 Å². The lowest BCUT2D eigenvalue weighted by atomic mass is 9.76. The van der Waals surface area contributed by atoms with Crippen LogP contribution in [0, 0.1) is 11.6 Å². The fourth-order valence-corrected chi connectivity index (χ4v) is 4.60. The summed E-state index contributed by atoms with van der Waals surface area (Å²) in [6, 6.07) is 18.1. The first-order chi connectivity index (χ1) is 16.9. The summed E-state index contributed by atoms with van der Waals surface area (Å²) >= 11 is 0. The van der Waals surface area contributed by atoms with Crippen LogP contribution in [0.25, 0.3) is 0 Å². The van der Waals surface area contributed by atoms with Crippen LogP contribution in [0.3, 0.4) is 0 Å². The number of hydrogen-bond acceptors (Lipinski definition) is 4. The summed E-state index contributed by atoms with van der Waals surface area (Å²) in [5.41, 5.74) is 5.35. The smallest absolute Gasteiger partial charge is 0.271 e. The van der Waals surface area contributed by atoms with E-state index < -0.39 is 17.0 Å². The zero-order chi connectivity index (χ0) is 25.0. The zero-order valence-corrected chi connectivity index (χ0v) is 19.9. The molecule has 0 aromatic heterocycles. The molecule has 0 fully saturated rings. The Hall–Kier alpha value is -4.00. The summed E-state index contributed by atoms with van der Waals surface area (Å²) in [4.78, 5) is 14.4. The predicted octanol–water partition coefficient (Wildman–Crippen LogP) is 5.61. The number of rotatable bonds is 7. The molecule has 3 aromatic carbocycles. The molecule has 0 spiro atoms. The first-order valence-electron chi connectivity index (χ1n) is 11.4. The standard InChI is InChI=1S/C28H27F2N3O2/c1-4-33-25-13-11-22(35-3)17-23(25)28(2,18-20-16-21(29)10-12-24(20)30)26(33)14-15-31-32-27(34)19-8-6-5-7-9-19/h5-17H,4,18H2,1-3H3,(H,32,34)/b26-14-,31-15+. The summed E-state index contributed by atoms with van der Waals surface area (Å²) in [6.45, 7) is 4.66. The number of nitrogens with one attached hydrogen (secondary N) is 1. The van der Waals surface area contributed by atoms with E-state index in [2.05, 4.69) is 15.4 Å². The second-order valence-corrected chi connectivity index (χ2v) is 8.51. The molecule has 0 saturated heterocycles. The Morgan fingerprint density at radius 3 is 2.60 bits per heavy atom. The molecule has 1 atom stereocenters. The van der Waals surface area contributed by atoms with Crippen molar-refractivity contribution in [2.24, 2.45) is 5.10 Å². The number of amides is 1. The van der Waals surface area contributed by atoms with Crippen LogP contribution in [0.15, 0.2) is 83.6 Å². The third kappa shape index (κ3) is 4.80. The number of fused-ring (bicyclic) bond motifs is 1. The molecule has 1 unspecified atom stereocenters. The van der Waals surface area contributed by atoms with Gasteiger partial charge in [0.1, 0.15) is 17.4 Å². The lowest BCUT2D eigenvalue weighted by molar-refractivity contribution is 0.0955. The molecule has 7 heteroatoms. The molecule has 1 aliphatic rings. The number of carbonyl (C=O) groups is 1. The molecular weight excluding hydrogens is 448 g/mol. The third-order valence-electron chi connectivity index (χ3n) is 6.32. The van der Waals surface area contributed by atoms with E-state index in [9.17, 15) is 13.6 Å². The van der Waals surface area contributed by atoms with Crippen molar-refractivity contribution in [2.45, 2.75) is 25.7 Å². The first-order valence-corrected chi connectivity index (χ1v) is 11.4. The van der Waals surface area contributed by atoms with Gasteiger partial charge in [0.25, 0.3) is 5.91 Å². The maximum Gasteiger partial charge on any atom is 0.271 e. The third-order valence-corrected chi connectivity index (χ3v) is 6.32. The van der Waals surface area contributed by atoms with Crippen LogP contribution in [0.4, 0.5) is 14.5 Å². The van der Waals surface area contributed by atoms with Gasteiger partial charge in [0.05, 0.1) is 7.11 Å². The maximum atomic E-state index is 14.7. The van der Waals surface area contributed by atoms with E-state index in [1.54, 1.807) is 37.5 Å². The highest BCUT2D eigenvalue weighted by Crippen LogP contribution is 2.50. The van der Waals surface area contributed by atoms with Gasteiger partial charge in [0.2, 0.25) is 0 Å². The first kappa shape index (κ1) is 24.1. The normalized spacial score (nSPS) is 18.2. The van der Waals surface area contributed by atoms with Crippen LogP contribution < -0.4 is 15.1 Å². The number of benzene rings is 3. The van der Waals surface area contributed by atoms with Crippen LogP contribution in [0.2, 0.25) is 0 Å². The minimum absolute atomic E-state index is 0.226. The monoisotopic (exact) mass is 475 g/mol. The molecule has 1 heterocycles. The lowest BCUT2D eigenvalue weighted by Gasteiger charge is -2.30. The molecule has 0 radical (unpaired) electrons. The Morgan fingerprint density at radius 1 is 1.11 bits per heavy atom. The molecule has 0 bridgehead atoms. The molecule has 0 aliphatic carbocycles. The summed E-state index contributed by atoms with van der Waals surface area (Å²) in [5.74, 6) is -0.598. The summed E-state index contributed by atoms with van der Waals surface area (Å²) in [5, 5.41) is 4.09. The summed E-state index contributed by atoms with van der Waals surface area (Å²) in [6.07, 6.45) is 3.55. The summed E-state index contributed by atoms with van der Waals surface area (Å²) < 4.78 is 34.1. The molecular formula is C28H27F2N3O2. The van der Waals surface area contributed by atoms with Crippen molar-refractivity contribution in [3.63, 3.8) is 0 Å². The van der Waals surface area contributed by atoms with Crippen molar-refractivity contribution in [3.05, 3.63) is 107 Å². The maximum absolute atomic E-state index is 14.7. The number of hydrazone groups is 1. The van der Waals surface area contributed by atoms with Gasteiger partial charge >= 0.3 is 0 Å². The van der Waals surface area contributed by atoms with Gasteiger partial charge in [-0.2, -0.15) is 5.10 Å². The number of ether oxygens (including phenoxy) is 1. The number of allylic oxidation sites excluding steroid dienone is 2. The Labute approximate surface area is 203 Å². The highest BCUT2D eigenvalue weighted by Gasteiger charge is 2.43. The van der Waals surface area contributed by atoms with Crippen LogP contribution >= 0.6 is 0 Å². The molecule has 1 amide bonds. The summed E-state index contributed by atoms with van der Waals surface area (Å²) in [7, 11) is 1.59. The van der Waals surface area contributed by atoms with Crippen molar-refractivity contribution in [2.75, 3.05) is 18.6 Å². The van der Waals surface area contributed by atoms with Crippen molar-refractivity contribution >= 4 is 17.8 Å². The molecule has 3 aromatic rings. The Balaban J connectivity index is 1.72. The number of methoxy groups -OCH3 is 1. The van der Waals surface area contributed by atoms with Gasteiger partial charge in [-0.3, -0.25) is 4.79 Å². The molecule has 1 aliphatic heterocycles. The Kier molecular flexibility index (Phi) is 6.96. The van der Waals surface area contributed by atoms with Gasteiger partial charge in [0, 0.05) is 35.1 Å². The molecule has 5 nitrogen and oxygen atoms in total. The Bertz CT molecular complexity index is 1290. The number of halogens is 2. The van der Waals surface area contributed by atoms with E-state index in [1.165, 1.54) is 12.3 Å². The van der Waals surface area contributed by atoms with E-state index in [0.717, 1.165) is 29.1 Å². The number of likely N-dealkylation sites (N-methyl/N-ethyl adjacent to an activating group) is 1.